The minimum Gasteiger partial charge on any atom is -0.398 e. The van der Waals surface area contributed by atoms with E-state index in [1.807, 2.05) is 31.2 Å². The van der Waals surface area contributed by atoms with E-state index in [1.54, 1.807) is 18.3 Å². The van der Waals surface area contributed by atoms with Crippen LogP contribution in [0.15, 0.2) is 60.3 Å². The van der Waals surface area contributed by atoms with Gasteiger partial charge in [0, 0.05) is 28.7 Å². The normalized spacial score (nSPS) is 10.9. The first-order valence-corrected chi connectivity index (χ1v) is 7.01. The molecule has 3 N–H and O–H groups in total. The molecule has 1 aromatic heterocycles. The Balaban J connectivity index is 2.42. The van der Waals surface area contributed by atoms with Crippen molar-refractivity contribution in [2.24, 2.45) is 10.7 Å². The van der Waals surface area contributed by atoms with E-state index < -0.39 is 0 Å². The fourth-order valence-corrected chi connectivity index (χ4v) is 2.08. The lowest BCUT2D eigenvalue weighted by Crippen LogP contribution is -2.07. The summed E-state index contributed by atoms with van der Waals surface area (Å²) < 4.78 is 0. The van der Waals surface area contributed by atoms with Gasteiger partial charge in [0.25, 0.3) is 0 Å². The highest BCUT2D eigenvalue weighted by atomic mass is 16.1. The first-order valence-electron chi connectivity index (χ1n) is 7.01. The average molecular weight is 306 g/mol. The SMILES string of the molecule is C=CC(=O)Nc1ccnc(-c2ccc(/C(N)=C\C)c(N=C)c2)c1. The van der Waals surface area contributed by atoms with Crippen molar-refractivity contribution in [2.75, 3.05) is 5.32 Å². The molecule has 1 heterocycles. The van der Waals surface area contributed by atoms with E-state index in [9.17, 15) is 4.79 Å². The second kappa shape index (κ2) is 7.17. The second-order valence-corrected chi connectivity index (χ2v) is 4.76. The van der Waals surface area contributed by atoms with Gasteiger partial charge < -0.3 is 11.1 Å². The number of amides is 1. The lowest BCUT2D eigenvalue weighted by molar-refractivity contribution is -0.111. The molecule has 116 valence electrons. The van der Waals surface area contributed by atoms with Crippen LogP contribution in [-0.4, -0.2) is 17.6 Å². The van der Waals surface area contributed by atoms with Gasteiger partial charge in [-0.05, 0) is 37.9 Å². The molecule has 0 aliphatic rings. The van der Waals surface area contributed by atoms with E-state index in [2.05, 4.69) is 28.6 Å². The Morgan fingerprint density at radius 2 is 2.13 bits per heavy atom. The molecule has 23 heavy (non-hydrogen) atoms. The summed E-state index contributed by atoms with van der Waals surface area (Å²) in [6.45, 7) is 8.88. The Morgan fingerprint density at radius 3 is 2.78 bits per heavy atom. The number of aliphatic imine (C=N–C) groups is 1. The third-order valence-corrected chi connectivity index (χ3v) is 3.30. The smallest absolute Gasteiger partial charge is 0.247 e. The van der Waals surface area contributed by atoms with Crippen LogP contribution in [0.1, 0.15) is 12.5 Å². The van der Waals surface area contributed by atoms with Crippen LogP contribution >= 0.6 is 0 Å². The number of carbonyl (C=O) groups excluding carboxylic acids is 1. The van der Waals surface area contributed by atoms with Crippen LogP contribution in [0.25, 0.3) is 17.0 Å². The van der Waals surface area contributed by atoms with Crippen molar-refractivity contribution in [1.82, 2.24) is 4.98 Å². The standard InChI is InChI=1S/C18H18N4O/c1-4-15(19)14-7-6-12(10-17(14)20-3)16-11-13(8-9-21-16)22-18(23)5-2/h4-11H,2-3,19H2,1H3,(H,21,22,23)/b15-4+. The Labute approximate surface area is 135 Å². The Kier molecular flexibility index (Phi) is 5.04. The molecule has 1 amide bonds. The van der Waals surface area contributed by atoms with Crippen molar-refractivity contribution in [3.05, 3.63) is 60.8 Å². The van der Waals surface area contributed by atoms with Gasteiger partial charge in [-0.3, -0.25) is 14.8 Å². The molecule has 0 aliphatic carbocycles. The maximum Gasteiger partial charge on any atom is 0.247 e. The maximum absolute atomic E-state index is 11.4. The Hall–Kier alpha value is -3.21. The molecule has 0 atom stereocenters. The molecule has 1 aromatic carbocycles. The lowest BCUT2D eigenvalue weighted by atomic mass is 10.0. The number of anilines is 1. The van der Waals surface area contributed by atoms with Gasteiger partial charge in [0.2, 0.25) is 5.91 Å². The third-order valence-electron chi connectivity index (χ3n) is 3.30. The molecular formula is C18H18N4O. The van der Waals surface area contributed by atoms with E-state index in [-0.39, 0.29) is 5.91 Å². The van der Waals surface area contributed by atoms with E-state index >= 15 is 0 Å². The highest BCUT2D eigenvalue weighted by molar-refractivity contribution is 5.99. The van der Waals surface area contributed by atoms with Crippen molar-refractivity contribution < 1.29 is 4.79 Å². The molecule has 5 nitrogen and oxygen atoms in total. The van der Waals surface area contributed by atoms with Crippen LogP contribution in [0.2, 0.25) is 0 Å². The summed E-state index contributed by atoms with van der Waals surface area (Å²) >= 11 is 0. The summed E-state index contributed by atoms with van der Waals surface area (Å²) in [5.41, 5.74) is 10.3. The highest BCUT2D eigenvalue weighted by Gasteiger charge is 2.08. The number of allylic oxidation sites excluding steroid dienone is 1. The number of nitrogens with zero attached hydrogens (tertiary/aromatic N) is 2. The van der Waals surface area contributed by atoms with Gasteiger partial charge in [0.15, 0.2) is 0 Å². The quantitative estimate of drug-likeness (QED) is 0.655. The number of nitrogens with two attached hydrogens (primary N) is 1. The summed E-state index contributed by atoms with van der Waals surface area (Å²) in [6.07, 6.45) is 4.66. The minimum atomic E-state index is -0.271. The van der Waals surface area contributed by atoms with Gasteiger partial charge in [-0.15, -0.1) is 0 Å². The van der Waals surface area contributed by atoms with Gasteiger partial charge in [-0.1, -0.05) is 24.8 Å². The predicted molar refractivity (Wildman–Crippen MR) is 95.5 cm³/mol. The van der Waals surface area contributed by atoms with E-state index in [1.165, 1.54) is 6.08 Å². The fourth-order valence-electron chi connectivity index (χ4n) is 2.08. The molecule has 0 fully saturated rings. The fraction of sp³-hybridized carbons (Fsp3) is 0.0556. The zero-order valence-corrected chi connectivity index (χ0v) is 12.9. The minimum absolute atomic E-state index is 0.271. The molecule has 0 spiro atoms. The average Bonchev–Trinajstić information content (AvgIpc) is 2.60. The largest absolute Gasteiger partial charge is 0.398 e. The van der Waals surface area contributed by atoms with Crippen LogP contribution in [0.3, 0.4) is 0 Å². The third kappa shape index (κ3) is 3.71. The number of carbonyl (C=O) groups is 1. The molecule has 0 bridgehead atoms. The number of benzene rings is 1. The van der Waals surface area contributed by atoms with Gasteiger partial charge in [-0.25, -0.2) is 0 Å². The molecule has 2 aromatic rings. The van der Waals surface area contributed by atoms with Crippen molar-refractivity contribution >= 4 is 29.7 Å². The zero-order chi connectivity index (χ0) is 16.8. The molecule has 0 unspecified atom stereocenters. The number of hydrogen-bond acceptors (Lipinski definition) is 4. The van der Waals surface area contributed by atoms with Gasteiger partial charge in [0.1, 0.15) is 0 Å². The Morgan fingerprint density at radius 1 is 1.35 bits per heavy atom. The molecule has 0 saturated carbocycles. The van der Waals surface area contributed by atoms with E-state index in [4.69, 9.17) is 5.73 Å². The van der Waals surface area contributed by atoms with Gasteiger partial charge in [-0.2, -0.15) is 0 Å². The van der Waals surface area contributed by atoms with E-state index in [0.29, 0.717) is 22.8 Å². The van der Waals surface area contributed by atoms with E-state index in [0.717, 1.165) is 11.1 Å². The van der Waals surface area contributed by atoms with Crippen LogP contribution < -0.4 is 11.1 Å². The van der Waals surface area contributed by atoms with Crippen LogP contribution in [0.4, 0.5) is 11.4 Å². The number of nitrogens with one attached hydrogen (secondary N) is 1. The lowest BCUT2D eigenvalue weighted by Gasteiger charge is -2.09. The molecule has 0 saturated heterocycles. The molecular weight excluding hydrogens is 288 g/mol. The van der Waals surface area contributed by atoms with Crippen LogP contribution in [0, 0.1) is 0 Å². The van der Waals surface area contributed by atoms with Crippen molar-refractivity contribution in [3.63, 3.8) is 0 Å². The summed E-state index contributed by atoms with van der Waals surface area (Å²) in [7, 11) is 0. The van der Waals surface area contributed by atoms with Crippen LogP contribution in [-0.2, 0) is 4.79 Å². The molecule has 5 heteroatoms. The first-order chi connectivity index (χ1) is 11.1. The number of rotatable bonds is 5. The summed E-state index contributed by atoms with van der Waals surface area (Å²) in [5.74, 6) is -0.271. The molecule has 0 aliphatic heterocycles. The summed E-state index contributed by atoms with van der Waals surface area (Å²) in [6, 6.07) is 9.14. The molecule has 0 radical (unpaired) electrons. The summed E-state index contributed by atoms with van der Waals surface area (Å²) in [5, 5.41) is 2.71. The molecule has 2 rings (SSSR count). The Bertz CT molecular complexity index is 793. The van der Waals surface area contributed by atoms with Gasteiger partial charge in [0.05, 0.1) is 11.4 Å². The van der Waals surface area contributed by atoms with Crippen molar-refractivity contribution in [3.8, 4) is 11.3 Å². The topological polar surface area (TPSA) is 80.4 Å². The monoisotopic (exact) mass is 306 g/mol. The van der Waals surface area contributed by atoms with Crippen LogP contribution in [0.5, 0.6) is 0 Å². The first kappa shape index (κ1) is 16.2. The second-order valence-electron chi connectivity index (χ2n) is 4.76. The highest BCUT2D eigenvalue weighted by Crippen LogP contribution is 2.30. The zero-order valence-electron chi connectivity index (χ0n) is 12.9. The number of hydrogen-bond donors (Lipinski definition) is 2. The number of pyridine rings is 1. The maximum atomic E-state index is 11.4. The van der Waals surface area contributed by atoms with Crippen molar-refractivity contribution in [2.45, 2.75) is 6.92 Å². The van der Waals surface area contributed by atoms with Crippen molar-refractivity contribution in [1.29, 1.82) is 0 Å². The van der Waals surface area contributed by atoms with Gasteiger partial charge >= 0.3 is 0 Å². The predicted octanol–water partition coefficient (Wildman–Crippen LogP) is 3.52. The summed E-state index contributed by atoms with van der Waals surface area (Å²) in [4.78, 5) is 19.7. The number of aromatic nitrogens is 1.